The molecule has 0 amide bonds. The highest BCUT2D eigenvalue weighted by Gasteiger charge is 2.13. The van der Waals surface area contributed by atoms with Gasteiger partial charge >= 0.3 is 0 Å². The van der Waals surface area contributed by atoms with Crippen LogP contribution in [0, 0.1) is 0 Å². The summed E-state index contributed by atoms with van der Waals surface area (Å²) in [4.78, 5) is 2.34. The Morgan fingerprint density at radius 1 is 1.44 bits per heavy atom. The van der Waals surface area contributed by atoms with Gasteiger partial charge in [0.05, 0.1) is 0 Å². The van der Waals surface area contributed by atoms with Crippen molar-refractivity contribution >= 4 is 33.4 Å². The third-order valence-corrected chi connectivity index (χ3v) is 4.10. The molecular weight excluding hydrogens is 308 g/mol. The van der Waals surface area contributed by atoms with E-state index in [0.29, 0.717) is 6.04 Å². The molecule has 0 aliphatic rings. The third-order valence-electron chi connectivity index (χ3n) is 3.01. The predicted octanol–water partition coefficient (Wildman–Crippen LogP) is 3.92. The molecule has 2 nitrogen and oxygen atoms in total. The highest BCUT2D eigenvalue weighted by atomic mass is 79.9. The maximum atomic E-state index is 3.57. The Morgan fingerprint density at radius 3 is 2.78 bits per heavy atom. The van der Waals surface area contributed by atoms with Crippen LogP contribution in [0.15, 0.2) is 22.7 Å². The molecular formula is C14H23BrN2S. The Hall–Kier alpha value is -0.190. The van der Waals surface area contributed by atoms with Crippen molar-refractivity contribution in [2.45, 2.75) is 19.9 Å². The van der Waals surface area contributed by atoms with Gasteiger partial charge in [0.25, 0.3) is 0 Å². The van der Waals surface area contributed by atoms with Crippen LogP contribution in [0.2, 0.25) is 0 Å². The molecule has 0 saturated heterocycles. The van der Waals surface area contributed by atoms with Gasteiger partial charge in [-0.3, -0.25) is 0 Å². The molecule has 0 aliphatic heterocycles. The number of hydrogen-bond acceptors (Lipinski definition) is 3. The summed E-state index contributed by atoms with van der Waals surface area (Å²) in [6.45, 7) is 6.43. The van der Waals surface area contributed by atoms with Crippen LogP contribution in [0.5, 0.6) is 0 Å². The maximum absolute atomic E-state index is 3.57. The first kappa shape index (κ1) is 15.9. The van der Waals surface area contributed by atoms with E-state index in [-0.39, 0.29) is 0 Å². The van der Waals surface area contributed by atoms with Crippen molar-refractivity contribution < 1.29 is 0 Å². The Balaban J connectivity index is 2.95. The van der Waals surface area contributed by atoms with Crippen molar-refractivity contribution in [3.63, 3.8) is 0 Å². The van der Waals surface area contributed by atoms with E-state index in [0.717, 1.165) is 23.3 Å². The van der Waals surface area contributed by atoms with Gasteiger partial charge in [0, 0.05) is 35.5 Å². The molecule has 0 saturated carbocycles. The van der Waals surface area contributed by atoms with Crippen molar-refractivity contribution in [2.24, 2.45) is 0 Å². The zero-order valence-electron chi connectivity index (χ0n) is 11.7. The molecule has 4 heteroatoms. The SMILES string of the molecule is CCNC(C)c1ccc(Br)cc1N(C)CCSC. The second kappa shape index (κ2) is 8.08. The quantitative estimate of drug-likeness (QED) is 0.815. The lowest BCUT2D eigenvalue weighted by molar-refractivity contribution is 0.597. The van der Waals surface area contributed by atoms with E-state index in [9.17, 15) is 0 Å². The fourth-order valence-electron chi connectivity index (χ4n) is 1.98. The van der Waals surface area contributed by atoms with Gasteiger partial charge in [-0.05, 0) is 37.4 Å². The average molecular weight is 331 g/mol. The summed E-state index contributed by atoms with van der Waals surface area (Å²) < 4.78 is 1.14. The molecule has 0 aliphatic carbocycles. The first-order valence-corrected chi connectivity index (χ1v) is 8.51. The maximum Gasteiger partial charge on any atom is 0.0423 e. The third kappa shape index (κ3) is 4.48. The normalized spacial score (nSPS) is 12.5. The Labute approximate surface area is 124 Å². The number of thioether (sulfide) groups is 1. The molecule has 1 N–H and O–H groups in total. The smallest absolute Gasteiger partial charge is 0.0423 e. The van der Waals surface area contributed by atoms with Crippen LogP contribution >= 0.6 is 27.7 Å². The fraction of sp³-hybridized carbons (Fsp3) is 0.571. The molecule has 1 aromatic carbocycles. The molecule has 1 atom stereocenters. The van der Waals surface area contributed by atoms with E-state index in [1.165, 1.54) is 11.3 Å². The van der Waals surface area contributed by atoms with Crippen molar-refractivity contribution in [3.05, 3.63) is 28.2 Å². The van der Waals surface area contributed by atoms with Crippen LogP contribution in [-0.2, 0) is 0 Å². The summed E-state index contributed by atoms with van der Waals surface area (Å²) in [6.07, 6.45) is 2.15. The molecule has 0 fully saturated rings. The molecule has 0 radical (unpaired) electrons. The minimum Gasteiger partial charge on any atom is -0.373 e. The summed E-state index contributed by atoms with van der Waals surface area (Å²) in [5, 5.41) is 3.49. The molecule has 1 rings (SSSR count). The predicted molar refractivity (Wildman–Crippen MR) is 87.9 cm³/mol. The molecule has 18 heavy (non-hydrogen) atoms. The van der Waals surface area contributed by atoms with Crippen molar-refractivity contribution in [1.29, 1.82) is 0 Å². The van der Waals surface area contributed by atoms with Crippen LogP contribution in [0.25, 0.3) is 0 Å². The fourth-order valence-corrected chi connectivity index (χ4v) is 2.78. The highest BCUT2D eigenvalue weighted by molar-refractivity contribution is 9.10. The number of nitrogens with one attached hydrogen (secondary N) is 1. The van der Waals surface area contributed by atoms with Gasteiger partial charge < -0.3 is 10.2 Å². The van der Waals surface area contributed by atoms with Crippen LogP contribution in [0.3, 0.4) is 0 Å². The van der Waals surface area contributed by atoms with Crippen LogP contribution < -0.4 is 10.2 Å². The summed E-state index contributed by atoms with van der Waals surface area (Å²) in [5.74, 6) is 1.15. The Morgan fingerprint density at radius 2 is 2.17 bits per heavy atom. The molecule has 0 heterocycles. The van der Waals surface area contributed by atoms with Crippen LogP contribution in [-0.4, -0.2) is 32.1 Å². The first-order valence-electron chi connectivity index (χ1n) is 6.33. The van der Waals surface area contributed by atoms with Gasteiger partial charge in [0.2, 0.25) is 0 Å². The Kier molecular flexibility index (Phi) is 7.12. The van der Waals surface area contributed by atoms with Gasteiger partial charge in [-0.2, -0.15) is 11.8 Å². The number of nitrogens with zero attached hydrogens (tertiary/aromatic N) is 1. The van der Waals surface area contributed by atoms with E-state index < -0.39 is 0 Å². The minimum absolute atomic E-state index is 0.384. The minimum atomic E-state index is 0.384. The summed E-state index contributed by atoms with van der Waals surface area (Å²) in [5.41, 5.74) is 2.68. The lowest BCUT2D eigenvalue weighted by Crippen LogP contribution is -2.25. The number of benzene rings is 1. The number of anilines is 1. The molecule has 102 valence electrons. The second-order valence-corrected chi connectivity index (χ2v) is 6.30. The van der Waals surface area contributed by atoms with Gasteiger partial charge in [-0.1, -0.05) is 28.9 Å². The van der Waals surface area contributed by atoms with Gasteiger partial charge in [-0.25, -0.2) is 0 Å². The summed E-state index contributed by atoms with van der Waals surface area (Å²) in [7, 11) is 2.17. The van der Waals surface area contributed by atoms with Crippen molar-refractivity contribution in [1.82, 2.24) is 5.32 Å². The van der Waals surface area contributed by atoms with Gasteiger partial charge in [-0.15, -0.1) is 0 Å². The topological polar surface area (TPSA) is 15.3 Å². The zero-order chi connectivity index (χ0) is 13.5. The summed E-state index contributed by atoms with van der Waals surface area (Å²) >= 11 is 5.45. The number of halogens is 1. The van der Waals surface area contributed by atoms with Crippen molar-refractivity contribution in [3.8, 4) is 0 Å². The van der Waals surface area contributed by atoms with Crippen molar-refractivity contribution in [2.75, 3.05) is 37.0 Å². The largest absolute Gasteiger partial charge is 0.373 e. The zero-order valence-corrected chi connectivity index (χ0v) is 14.1. The van der Waals surface area contributed by atoms with E-state index in [2.05, 4.69) is 71.5 Å². The van der Waals surface area contributed by atoms with Crippen LogP contribution in [0.4, 0.5) is 5.69 Å². The first-order chi connectivity index (χ1) is 8.60. The molecule has 1 unspecified atom stereocenters. The standard InChI is InChI=1S/C14H23BrN2S/c1-5-16-11(2)13-7-6-12(15)10-14(13)17(3)8-9-18-4/h6-7,10-11,16H,5,8-9H2,1-4H3. The number of rotatable bonds is 7. The highest BCUT2D eigenvalue weighted by Crippen LogP contribution is 2.29. The Bertz CT molecular complexity index is 371. The monoisotopic (exact) mass is 330 g/mol. The molecule has 0 aromatic heterocycles. The second-order valence-electron chi connectivity index (χ2n) is 4.40. The lowest BCUT2D eigenvalue weighted by Gasteiger charge is -2.25. The molecule has 0 spiro atoms. The molecule has 0 bridgehead atoms. The summed E-state index contributed by atoms with van der Waals surface area (Å²) in [6, 6.07) is 6.93. The van der Waals surface area contributed by atoms with Gasteiger partial charge in [0.15, 0.2) is 0 Å². The average Bonchev–Trinajstić information content (AvgIpc) is 2.36. The van der Waals surface area contributed by atoms with Gasteiger partial charge in [0.1, 0.15) is 0 Å². The molecule has 1 aromatic rings. The van der Waals surface area contributed by atoms with E-state index in [1.807, 2.05) is 11.8 Å². The van der Waals surface area contributed by atoms with E-state index in [4.69, 9.17) is 0 Å². The number of hydrogen-bond donors (Lipinski definition) is 1. The van der Waals surface area contributed by atoms with E-state index in [1.54, 1.807) is 0 Å². The lowest BCUT2D eigenvalue weighted by atomic mass is 10.1. The van der Waals surface area contributed by atoms with E-state index >= 15 is 0 Å². The van der Waals surface area contributed by atoms with Crippen LogP contribution in [0.1, 0.15) is 25.5 Å².